The van der Waals surface area contributed by atoms with E-state index in [1.807, 2.05) is 51.3 Å². The molecule has 0 aliphatic carbocycles. The Labute approximate surface area is 214 Å². The molecule has 0 fully saturated rings. The molecule has 0 radical (unpaired) electrons. The number of hydrogen-bond donors (Lipinski definition) is 2. The predicted octanol–water partition coefficient (Wildman–Crippen LogP) is 7.33. The number of ether oxygens (including phenoxy) is 1. The highest BCUT2D eigenvalue weighted by molar-refractivity contribution is 7.18. The minimum absolute atomic E-state index is 0.130. The van der Waals surface area contributed by atoms with Crippen LogP contribution in [0.1, 0.15) is 80.6 Å². The summed E-state index contributed by atoms with van der Waals surface area (Å²) in [6, 6.07) is 5.90. The third kappa shape index (κ3) is 5.18. The molecule has 2 N–H and O–H groups in total. The van der Waals surface area contributed by atoms with Gasteiger partial charge in [-0.3, -0.25) is 14.9 Å². The molecule has 35 heavy (non-hydrogen) atoms. The Morgan fingerprint density at radius 3 is 2.43 bits per heavy atom. The molecule has 0 bridgehead atoms. The summed E-state index contributed by atoms with van der Waals surface area (Å²) in [5.74, 6) is 0.393. The number of aromatic nitrogens is 1. The number of nitrogens with zero attached hydrogens (tertiary/aromatic N) is 1. The summed E-state index contributed by atoms with van der Waals surface area (Å²) in [5, 5.41) is 8.23. The molecule has 4 rings (SSSR count). The van der Waals surface area contributed by atoms with E-state index in [0.717, 1.165) is 39.4 Å². The Kier molecular flexibility index (Phi) is 6.88. The largest absolute Gasteiger partial charge is 0.489 e. The number of benzene rings is 1. The fraction of sp³-hybridized carbons (Fsp3) is 0.370. The molecule has 2 amide bonds. The van der Waals surface area contributed by atoms with Crippen LogP contribution in [-0.4, -0.2) is 16.8 Å². The molecular formula is C27H31N3O3S2. The minimum Gasteiger partial charge on any atom is -0.489 e. The first-order valence-electron chi connectivity index (χ1n) is 11.5. The maximum Gasteiger partial charge on any atom is 0.267 e. The fourth-order valence-electron chi connectivity index (χ4n) is 4.40. The summed E-state index contributed by atoms with van der Waals surface area (Å²) in [5.41, 5.74) is 5.00. The molecule has 3 heterocycles. The number of rotatable bonds is 5. The summed E-state index contributed by atoms with van der Waals surface area (Å²) in [7, 11) is 0. The second-order valence-corrected chi connectivity index (χ2v) is 11.8. The Hall–Kier alpha value is -2.97. The highest BCUT2D eigenvalue weighted by Gasteiger charge is 2.38. The first kappa shape index (κ1) is 25.1. The van der Waals surface area contributed by atoms with Gasteiger partial charge in [0, 0.05) is 11.1 Å². The van der Waals surface area contributed by atoms with Gasteiger partial charge in [0.15, 0.2) is 5.13 Å². The first-order valence-corrected chi connectivity index (χ1v) is 13.2. The van der Waals surface area contributed by atoms with Crippen molar-refractivity contribution >= 4 is 45.3 Å². The number of carbonyl (C=O) groups is 2. The molecule has 8 heteroatoms. The van der Waals surface area contributed by atoms with E-state index in [-0.39, 0.29) is 23.3 Å². The molecule has 184 valence electrons. The van der Waals surface area contributed by atoms with E-state index in [0.29, 0.717) is 21.3 Å². The van der Waals surface area contributed by atoms with Crippen molar-refractivity contribution in [2.45, 2.75) is 61.0 Å². The monoisotopic (exact) mass is 509 g/mol. The van der Waals surface area contributed by atoms with E-state index in [2.05, 4.69) is 35.5 Å². The number of hydrogen-bond acceptors (Lipinski definition) is 6. The highest BCUT2D eigenvalue weighted by atomic mass is 32.1. The van der Waals surface area contributed by atoms with Crippen molar-refractivity contribution in [2.24, 2.45) is 5.41 Å². The summed E-state index contributed by atoms with van der Waals surface area (Å²) in [6.07, 6.45) is 2.77. The predicted molar refractivity (Wildman–Crippen MR) is 144 cm³/mol. The standard InChI is InChI=1S/C27H31N3O3S2/c1-14-12-15(2)20(16(3)13-14)29-25(32)21-18(5)28-26(35-21)30-24(31)19-9-11-34-22(19)23-27(6,7)10-8-17(4)33-23/h8-9,11-13,23H,10H2,1-7H3,(H,29,32)(H,28,30,31). The van der Waals surface area contributed by atoms with Crippen LogP contribution in [0.5, 0.6) is 0 Å². The van der Waals surface area contributed by atoms with Crippen molar-refractivity contribution in [3.05, 3.63) is 73.1 Å². The SMILES string of the molecule is CC1=CCC(C)(C)C(c2sccc2C(=O)Nc2nc(C)c(C(=O)Nc3c(C)cc(C)cc3C)s2)O1. The van der Waals surface area contributed by atoms with Crippen LogP contribution in [0.15, 0.2) is 35.4 Å². The van der Waals surface area contributed by atoms with Crippen LogP contribution in [0.4, 0.5) is 10.8 Å². The van der Waals surface area contributed by atoms with Crippen LogP contribution in [0.3, 0.4) is 0 Å². The Bertz CT molecular complexity index is 1310. The lowest BCUT2D eigenvalue weighted by Gasteiger charge is -2.37. The van der Waals surface area contributed by atoms with Gasteiger partial charge in [-0.25, -0.2) is 4.98 Å². The van der Waals surface area contributed by atoms with Gasteiger partial charge in [0.1, 0.15) is 11.0 Å². The third-order valence-corrected chi connectivity index (χ3v) is 8.28. The molecule has 1 aliphatic heterocycles. The van der Waals surface area contributed by atoms with Gasteiger partial charge in [0.05, 0.1) is 21.9 Å². The van der Waals surface area contributed by atoms with Gasteiger partial charge in [0.2, 0.25) is 0 Å². The summed E-state index contributed by atoms with van der Waals surface area (Å²) in [4.78, 5) is 32.1. The van der Waals surface area contributed by atoms with E-state index < -0.39 is 0 Å². The molecular weight excluding hydrogens is 478 g/mol. The number of amides is 2. The van der Waals surface area contributed by atoms with Crippen molar-refractivity contribution in [1.82, 2.24) is 4.98 Å². The maximum atomic E-state index is 13.2. The molecule has 1 aromatic carbocycles. The second kappa shape index (κ2) is 9.59. The Morgan fingerprint density at radius 1 is 1.06 bits per heavy atom. The normalized spacial score (nSPS) is 16.9. The van der Waals surface area contributed by atoms with Crippen LogP contribution < -0.4 is 10.6 Å². The quantitative estimate of drug-likeness (QED) is 0.377. The lowest BCUT2D eigenvalue weighted by Crippen LogP contribution is -2.28. The third-order valence-electron chi connectivity index (χ3n) is 6.25. The van der Waals surface area contributed by atoms with E-state index in [1.165, 1.54) is 22.7 Å². The molecule has 0 spiro atoms. The zero-order valence-electron chi connectivity index (χ0n) is 21.2. The summed E-state index contributed by atoms with van der Waals surface area (Å²) < 4.78 is 6.15. The molecule has 0 saturated carbocycles. The number of thiazole rings is 1. The topological polar surface area (TPSA) is 80.3 Å². The van der Waals surface area contributed by atoms with Crippen molar-refractivity contribution in [1.29, 1.82) is 0 Å². The summed E-state index contributed by atoms with van der Waals surface area (Å²) in [6.45, 7) is 14.0. The molecule has 0 saturated heterocycles. The van der Waals surface area contributed by atoms with Crippen molar-refractivity contribution in [3.63, 3.8) is 0 Å². The molecule has 1 unspecified atom stereocenters. The van der Waals surface area contributed by atoms with Crippen molar-refractivity contribution in [3.8, 4) is 0 Å². The van der Waals surface area contributed by atoms with Crippen LogP contribution in [0, 0.1) is 33.1 Å². The Morgan fingerprint density at radius 2 is 1.74 bits per heavy atom. The van der Waals surface area contributed by atoms with Crippen LogP contribution in [0.25, 0.3) is 0 Å². The van der Waals surface area contributed by atoms with Gasteiger partial charge in [-0.05, 0) is 69.7 Å². The molecule has 6 nitrogen and oxygen atoms in total. The number of allylic oxidation sites excluding steroid dienone is 2. The minimum atomic E-state index is -0.251. The van der Waals surface area contributed by atoms with Crippen LogP contribution in [0.2, 0.25) is 0 Å². The van der Waals surface area contributed by atoms with E-state index >= 15 is 0 Å². The van der Waals surface area contributed by atoms with Gasteiger partial charge in [-0.15, -0.1) is 11.3 Å². The van der Waals surface area contributed by atoms with Gasteiger partial charge in [-0.1, -0.05) is 42.9 Å². The van der Waals surface area contributed by atoms with E-state index in [1.54, 1.807) is 6.92 Å². The lowest BCUT2D eigenvalue weighted by atomic mass is 9.80. The zero-order chi connectivity index (χ0) is 25.5. The first-order chi connectivity index (χ1) is 16.5. The smallest absolute Gasteiger partial charge is 0.267 e. The number of aryl methyl sites for hydroxylation is 4. The van der Waals surface area contributed by atoms with Crippen molar-refractivity contribution in [2.75, 3.05) is 10.6 Å². The van der Waals surface area contributed by atoms with Crippen LogP contribution >= 0.6 is 22.7 Å². The van der Waals surface area contributed by atoms with Gasteiger partial charge in [0.25, 0.3) is 11.8 Å². The van der Waals surface area contributed by atoms with Crippen LogP contribution in [-0.2, 0) is 4.74 Å². The lowest BCUT2D eigenvalue weighted by molar-refractivity contribution is 0.00280. The van der Waals surface area contributed by atoms with Gasteiger partial charge >= 0.3 is 0 Å². The fourth-order valence-corrected chi connectivity index (χ4v) is 6.39. The summed E-state index contributed by atoms with van der Waals surface area (Å²) >= 11 is 2.70. The average Bonchev–Trinajstić information content (AvgIpc) is 3.39. The average molecular weight is 510 g/mol. The molecule has 1 atom stereocenters. The van der Waals surface area contributed by atoms with E-state index in [4.69, 9.17) is 4.74 Å². The molecule has 3 aromatic rings. The highest BCUT2D eigenvalue weighted by Crippen LogP contribution is 2.47. The Balaban J connectivity index is 1.53. The molecule has 2 aromatic heterocycles. The number of nitrogens with one attached hydrogen (secondary N) is 2. The van der Waals surface area contributed by atoms with Crippen molar-refractivity contribution < 1.29 is 14.3 Å². The number of thiophene rings is 1. The maximum absolute atomic E-state index is 13.2. The zero-order valence-corrected chi connectivity index (χ0v) is 22.8. The van der Waals surface area contributed by atoms with E-state index in [9.17, 15) is 9.59 Å². The van der Waals surface area contributed by atoms with Gasteiger partial charge in [-0.2, -0.15) is 0 Å². The van der Waals surface area contributed by atoms with Gasteiger partial charge < -0.3 is 10.1 Å². The number of anilines is 2. The number of carbonyl (C=O) groups excluding carboxylic acids is 2. The molecule has 1 aliphatic rings. The second-order valence-electron chi connectivity index (χ2n) is 9.82.